The van der Waals surface area contributed by atoms with Crippen molar-refractivity contribution in [1.29, 1.82) is 0 Å². The van der Waals surface area contributed by atoms with Gasteiger partial charge in [-0.1, -0.05) is 6.92 Å². The molecule has 0 spiro atoms. The Balaban J connectivity index is 0.00000243. The fourth-order valence-corrected chi connectivity index (χ4v) is 3.27. The monoisotopic (exact) mass is 474 g/mol. The Hall–Kier alpha value is -1.38. The summed E-state index contributed by atoms with van der Waals surface area (Å²) in [5.41, 5.74) is 1.14. The van der Waals surface area contributed by atoms with E-state index in [4.69, 9.17) is 9.47 Å². The molecule has 146 valence electrons. The lowest BCUT2D eigenvalue weighted by Crippen LogP contribution is -2.45. The predicted octanol–water partition coefficient (Wildman–Crippen LogP) is 2.86. The quantitative estimate of drug-likeness (QED) is 0.378. The molecule has 2 fully saturated rings. The van der Waals surface area contributed by atoms with Crippen LogP contribution in [-0.4, -0.2) is 51.9 Å². The van der Waals surface area contributed by atoms with Crippen molar-refractivity contribution in [2.24, 2.45) is 10.9 Å². The van der Waals surface area contributed by atoms with Crippen molar-refractivity contribution in [3.63, 3.8) is 0 Å². The fourth-order valence-electron chi connectivity index (χ4n) is 3.27. The van der Waals surface area contributed by atoms with Gasteiger partial charge in [0.15, 0.2) is 5.96 Å². The first kappa shape index (κ1) is 20.9. The number of nitrogens with zero attached hydrogens (tertiary/aromatic N) is 2. The number of hydrogen-bond donors (Lipinski definition) is 2. The molecule has 7 heteroatoms. The summed E-state index contributed by atoms with van der Waals surface area (Å²) in [6, 6.07) is 7.01. The van der Waals surface area contributed by atoms with Crippen LogP contribution in [0.25, 0.3) is 0 Å². The van der Waals surface area contributed by atoms with Crippen LogP contribution in [0.2, 0.25) is 0 Å². The zero-order valence-electron chi connectivity index (χ0n) is 16.1. The number of hydrogen-bond acceptors (Lipinski definition) is 4. The fraction of sp³-hybridized carbons (Fsp3) is 0.632. The van der Waals surface area contributed by atoms with E-state index < -0.39 is 0 Å². The number of rotatable bonds is 6. The largest absolute Gasteiger partial charge is 0.497 e. The van der Waals surface area contributed by atoms with Gasteiger partial charge >= 0.3 is 0 Å². The molecule has 1 aromatic rings. The molecule has 1 aliphatic carbocycles. The first-order chi connectivity index (χ1) is 12.1. The predicted molar refractivity (Wildman–Crippen MR) is 117 cm³/mol. The molecule has 0 bridgehead atoms. The average molecular weight is 474 g/mol. The Morgan fingerprint density at radius 1 is 1.19 bits per heavy atom. The first-order valence-corrected chi connectivity index (χ1v) is 9.18. The molecule has 3 unspecified atom stereocenters. The van der Waals surface area contributed by atoms with Crippen molar-refractivity contribution < 1.29 is 9.47 Å². The second-order valence-corrected chi connectivity index (χ2v) is 6.93. The van der Waals surface area contributed by atoms with Crippen LogP contribution in [0.3, 0.4) is 0 Å². The van der Waals surface area contributed by atoms with Gasteiger partial charge in [-0.2, -0.15) is 0 Å². The highest BCUT2D eigenvalue weighted by Gasteiger charge is 2.34. The highest BCUT2D eigenvalue weighted by molar-refractivity contribution is 14.0. The Bertz CT molecular complexity index is 603. The van der Waals surface area contributed by atoms with Crippen LogP contribution in [-0.2, 0) is 0 Å². The number of aliphatic imine (C=N–C) groups is 1. The van der Waals surface area contributed by atoms with Crippen molar-refractivity contribution in [2.45, 2.75) is 38.8 Å². The van der Waals surface area contributed by atoms with Crippen molar-refractivity contribution in [2.75, 3.05) is 38.8 Å². The van der Waals surface area contributed by atoms with E-state index in [2.05, 4.69) is 46.5 Å². The van der Waals surface area contributed by atoms with Crippen LogP contribution in [0, 0.1) is 5.92 Å². The Morgan fingerprint density at radius 2 is 1.85 bits per heavy atom. The molecule has 2 N–H and O–H groups in total. The molecule has 1 saturated carbocycles. The first-order valence-electron chi connectivity index (χ1n) is 9.18. The number of anilines is 1. The van der Waals surface area contributed by atoms with Crippen molar-refractivity contribution >= 4 is 35.6 Å². The van der Waals surface area contributed by atoms with Crippen LogP contribution in [0.4, 0.5) is 5.69 Å². The third-order valence-electron chi connectivity index (χ3n) is 4.98. The lowest BCUT2D eigenvalue weighted by Gasteiger charge is -2.21. The zero-order valence-corrected chi connectivity index (χ0v) is 18.4. The highest BCUT2D eigenvalue weighted by Crippen LogP contribution is 2.31. The van der Waals surface area contributed by atoms with Gasteiger partial charge in [-0.15, -0.1) is 24.0 Å². The maximum Gasteiger partial charge on any atom is 0.191 e. The summed E-state index contributed by atoms with van der Waals surface area (Å²) in [6.45, 7) is 7.09. The maximum atomic E-state index is 5.39. The molecular formula is C19H31IN4O2. The molecule has 0 aromatic heterocycles. The smallest absolute Gasteiger partial charge is 0.191 e. The molecule has 6 nitrogen and oxygen atoms in total. The van der Waals surface area contributed by atoms with E-state index in [0.29, 0.717) is 12.1 Å². The summed E-state index contributed by atoms with van der Waals surface area (Å²) in [6.07, 6.45) is 2.33. The van der Waals surface area contributed by atoms with Gasteiger partial charge in [0.25, 0.3) is 0 Å². The van der Waals surface area contributed by atoms with E-state index in [9.17, 15) is 0 Å². The second kappa shape index (κ2) is 9.53. The lowest BCUT2D eigenvalue weighted by molar-refractivity contribution is 0.394. The molecule has 1 aromatic carbocycles. The van der Waals surface area contributed by atoms with Gasteiger partial charge < -0.3 is 25.0 Å². The van der Waals surface area contributed by atoms with Crippen molar-refractivity contribution in [3.05, 3.63) is 18.2 Å². The number of halogens is 1. The standard InChI is InChI=1S/C19H30N4O2.HI/c1-5-20-19(22-18-8-13(18)2)21-14-6-7-23(12-14)15-9-16(24-3)11-17(10-15)25-4;/h9-11,13-14,18H,5-8,12H2,1-4H3,(H2,20,21,22);1H. The molecule has 26 heavy (non-hydrogen) atoms. The van der Waals surface area contributed by atoms with E-state index in [-0.39, 0.29) is 24.0 Å². The van der Waals surface area contributed by atoms with Crippen LogP contribution in [0.5, 0.6) is 11.5 Å². The molecule has 1 aliphatic heterocycles. The molecule has 1 saturated heterocycles. The summed E-state index contributed by atoms with van der Waals surface area (Å²) >= 11 is 0. The van der Waals surface area contributed by atoms with Gasteiger partial charge in [0, 0.05) is 55.6 Å². The minimum Gasteiger partial charge on any atom is -0.497 e. The third-order valence-corrected chi connectivity index (χ3v) is 4.98. The molecule has 1 heterocycles. The summed E-state index contributed by atoms with van der Waals surface area (Å²) in [5, 5.41) is 7.14. The van der Waals surface area contributed by atoms with E-state index >= 15 is 0 Å². The summed E-state index contributed by atoms with van der Waals surface area (Å²) < 4.78 is 10.8. The topological polar surface area (TPSA) is 58.1 Å². The SMILES string of the molecule is CCN=C(NC1CCN(c2cc(OC)cc(OC)c2)C1)NC1CC1C.I. The van der Waals surface area contributed by atoms with Crippen LogP contribution >= 0.6 is 24.0 Å². The van der Waals surface area contributed by atoms with Crippen LogP contribution < -0.4 is 25.0 Å². The van der Waals surface area contributed by atoms with Gasteiger partial charge in [-0.25, -0.2) is 0 Å². The highest BCUT2D eigenvalue weighted by atomic mass is 127. The molecule has 3 atom stereocenters. The zero-order chi connectivity index (χ0) is 17.8. The van der Waals surface area contributed by atoms with E-state index in [1.54, 1.807) is 14.2 Å². The Morgan fingerprint density at radius 3 is 2.38 bits per heavy atom. The van der Waals surface area contributed by atoms with Crippen molar-refractivity contribution in [1.82, 2.24) is 10.6 Å². The van der Waals surface area contributed by atoms with Gasteiger partial charge in [0.2, 0.25) is 0 Å². The molecule has 3 rings (SSSR count). The molecular weight excluding hydrogens is 443 g/mol. The molecule has 2 aliphatic rings. The lowest BCUT2D eigenvalue weighted by atomic mass is 10.2. The minimum atomic E-state index is 0. The van der Waals surface area contributed by atoms with Gasteiger partial charge in [0.05, 0.1) is 14.2 Å². The molecule has 0 radical (unpaired) electrons. The number of ether oxygens (including phenoxy) is 2. The summed E-state index contributed by atoms with van der Waals surface area (Å²) in [7, 11) is 3.37. The van der Waals surface area contributed by atoms with Gasteiger partial charge in [0.1, 0.15) is 11.5 Å². The average Bonchev–Trinajstić information content (AvgIpc) is 3.11. The Kier molecular flexibility index (Phi) is 7.67. The van der Waals surface area contributed by atoms with Gasteiger partial charge in [-0.3, -0.25) is 4.99 Å². The number of benzene rings is 1. The second-order valence-electron chi connectivity index (χ2n) is 6.93. The molecule has 0 amide bonds. The number of nitrogens with one attached hydrogen (secondary N) is 2. The number of methoxy groups -OCH3 is 2. The van der Waals surface area contributed by atoms with Gasteiger partial charge in [-0.05, 0) is 25.7 Å². The van der Waals surface area contributed by atoms with Crippen LogP contribution in [0.1, 0.15) is 26.7 Å². The minimum absolute atomic E-state index is 0. The normalized spacial score (nSPS) is 24.7. The van der Waals surface area contributed by atoms with E-state index in [1.807, 2.05) is 6.07 Å². The summed E-state index contributed by atoms with van der Waals surface area (Å²) in [4.78, 5) is 6.96. The summed E-state index contributed by atoms with van der Waals surface area (Å²) in [5.74, 6) is 3.35. The third kappa shape index (κ3) is 5.31. The van der Waals surface area contributed by atoms with Crippen LogP contribution in [0.15, 0.2) is 23.2 Å². The van der Waals surface area contributed by atoms with E-state index in [0.717, 1.165) is 55.1 Å². The maximum absolute atomic E-state index is 5.39. The van der Waals surface area contributed by atoms with E-state index in [1.165, 1.54) is 6.42 Å². The van der Waals surface area contributed by atoms with Crippen molar-refractivity contribution in [3.8, 4) is 11.5 Å². The number of guanidine groups is 1. The Labute approximate surface area is 173 Å².